The second kappa shape index (κ2) is 5.93. The molecule has 0 saturated carbocycles. The molecule has 0 aliphatic rings. The number of hydrogen-bond donors (Lipinski definition) is 1. The van der Waals surface area contributed by atoms with Crippen molar-refractivity contribution in [1.29, 1.82) is 0 Å². The number of hydrogen-bond acceptors (Lipinski definition) is 1. The van der Waals surface area contributed by atoms with Crippen molar-refractivity contribution in [2.45, 2.75) is 6.54 Å². The van der Waals surface area contributed by atoms with E-state index in [-0.39, 0.29) is 6.54 Å². The quantitative estimate of drug-likeness (QED) is 0.916. The summed E-state index contributed by atoms with van der Waals surface area (Å²) in [5.74, 6) is -2.50. The van der Waals surface area contributed by atoms with Gasteiger partial charge in [0.15, 0.2) is 0 Å². The molecule has 98 valence electrons. The average molecular weight is 326 g/mol. The molecule has 2 aromatic rings. The minimum absolute atomic E-state index is 0.208. The van der Waals surface area contributed by atoms with Gasteiger partial charge < -0.3 is 5.32 Å². The van der Waals surface area contributed by atoms with E-state index < -0.39 is 23.1 Å². The monoisotopic (exact) mass is 325 g/mol. The number of rotatable bonds is 3. The van der Waals surface area contributed by atoms with Crippen molar-refractivity contribution in [3.63, 3.8) is 0 Å². The Bertz CT molecular complexity index is 579. The second-order valence-electron chi connectivity index (χ2n) is 3.91. The highest BCUT2D eigenvalue weighted by Gasteiger charge is 2.16. The van der Waals surface area contributed by atoms with E-state index >= 15 is 0 Å². The molecule has 0 heterocycles. The third-order valence-electron chi connectivity index (χ3n) is 2.56. The Labute approximate surface area is 117 Å². The van der Waals surface area contributed by atoms with Gasteiger partial charge in [-0.1, -0.05) is 34.1 Å². The summed E-state index contributed by atoms with van der Waals surface area (Å²) in [5, 5.41) is 2.48. The van der Waals surface area contributed by atoms with Gasteiger partial charge >= 0.3 is 0 Å². The third kappa shape index (κ3) is 3.38. The van der Waals surface area contributed by atoms with E-state index in [1.54, 1.807) is 0 Å². The predicted molar refractivity (Wildman–Crippen MR) is 71.7 cm³/mol. The minimum Gasteiger partial charge on any atom is -0.348 e. The van der Waals surface area contributed by atoms with Crippen LogP contribution in [0.5, 0.6) is 0 Å². The normalized spacial score (nSPS) is 10.3. The highest BCUT2D eigenvalue weighted by molar-refractivity contribution is 9.10. The first-order valence-electron chi connectivity index (χ1n) is 5.54. The fourth-order valence-corrected chi connectivity index (χ4v) is 1.85. The van der Waals surface area contributed by atoms with Gasteiger partial charge in [0.25, 0.3) is 5.91 Å². The maximum absolute atomic E-state index is 13.4. The molecule has 0 atom stereocenters. The third-order valence-corrected chi connectivity index (χ3v) is 3.08. The molecular weight excluding hydrogens is 316 g/mol. The van der Waals surface area contributed by atoms with Gasteiger partial charge in [-0.15, -0.1) is 0 Å². The fourth-order valence-electron chi connectivity index (χ4n) is 1.59. The molecule has 0 radical (unpaired) electrons. The lowest BCUT2D eigenvalue weighted by Gasteiger charge is -2.07. The molecule has 2 nitrogen and oxygen atoms in total. The molecule has 0 aliphatic heterocycles. The van der Waals surface area contributed by atoms with Crippen LogP contribution < -0.4 is 5.32 Å². The molecule has 2 aromatic carbocycles. The average Bonchev–Trinajstić information content (AvgIpc) is 2.38. The molecule has 0 spiro atoms. The summed E-state index contributed by atoms with van der Waals surface area (Å²) < 4.78 is 27.7. The van der Waals surface area contributed by atoms with Crippen molar-refractivity contribution >= 4 is 21.8 Å². The number of carbonyl (C=O) groups excluding carboxylic acids is 1. The van der Waals surface area contributed by atoms with Gasteiger partial charge in [-0.25, -0.2) is 8.78 Å². The van der Waals surface area contributed by atoms with E-state index in [9.17, 15) is 13.6 Å². The van der Waals surface area contributed by atoms with Gasteiger partial charge in [0.2, 0.25) is 0 Å². The Kier molecular flexibility index (Phi) is 4.27. The first-order valence-corrected chi connectivity index (χ1v) is 6.34. The van der Waals surface area contributed by atoms with Crippen molar-refractivity contribution in [3.8, 4) is 0 Å². The van der Waals surface area contributed by atoms with Gasteiger partial charge in [0.05, 0.1) is 0 Å². The van der Waals surface area contributed by atoms with Crippen LogP contribution in [-0.4, -0.2) is 5.91 Å². The van der Waals surface area contributed by atoms with Gasteiger partial charge in [0, 0.05) is 11.0 Å². The first kappa shape index (κ1) is 13.7. The van der Waals surface area contributed by atoms with Crippen molar-refractivity contribution in [2.24, 2.45) is 0 Å². The Hall–Kier alpha value is -1.75. The first-order chi connectivity index (χ1) is 9.08. The molecule has 0 aliphatic carbocycles. The number of amides is 1. The van der Waals surface area contributed by atoms with E-state index in [1.165, 1.54) is 6.07 Å². The van der Waals surface area contributed by atoms with Gasteiger partial charge in [-0.3, -0.25) is 4.79 Å². The lowest BCUT2D eigenvalue weighted by Crippen LogP contribution is -2.25. The summed E-state index contributed by atoms with van der Waals surface area (Å²) in [6, 6.07) is 10.6. The van der Waals surface area contributed by atoms with Crippen LogP contribution in [0.3, 0.4) is 0 Å². The number of benzene rings is 2. The molecule has 1 N–H and O–H groups in total. The zero-order valence-corrected chi connectivity index (χ0v) is 11.4. The van der Waals surface area contributed by atoms with Crippen molar-refractivity contribution in [2.75, 3.05) is 0 Å². The highest BCUT2D eigenvalue weighted by Crippen LogP contribution is 2.13. The summed E-state index contributed by atoms with van der Waals surface area (Å²) in [4.78, 5) is 11.7. The maximum atomic E-state index is 13.4. The van der Waals surface area contributed by atoms with Crippen LogP contribution >= 0.6 is 15.9 Å². The van der Waals surface area contributed by atoms with Crippen LogP contribution in [0.2, 0.25) is 0 Å². The molecule has 1 amide bonds. The van der Waals surface area contributed by atoms with Crippen LogP contribution in [0.4, 0.5) is 8.78 Å². The maximum Gasteiger partial charge on any atom is 0.257 e. The highest BCUT2D eigenvalue weighted by atomic mass is 79.9. The molecule has 5 heteroatoms. The van der Waals surface area contributed by atoms with Crippen LogP contribution in [0.25, 0.3) is 0 Å². The fraction of sp³-hybridized carbons (Fsp3) is 0.0714. The van der Waals surface area contributed by atoms with Gasteiger partial charge in [-0.05, 0) is 29.8 Å². The zero-order chi connectivity index (χ0) is 13.8. The molecular formula is C14H10BrF2NO. The molecule has 0 fully saturated rings. The van der Waals surface area contributed by atoms with Crippen molar-refractivity contribution in [3.05, 3.63) is 69.7 Å². The van der Waals surface area contributed by atoms with Crippen molar-refractivity contribution in [1.82, 2.24) is 5.32 Å². The topological polar surface area (TPSA) is 29.1 Å². The number of nitrogens with one attached hydrogen (secondary N) is 1. The van der Waals surface area contributed by atoms with E-state index in [0.29, 0.717) is 0 Å². The number of carbonyl (C=O) groups is 1. The zero-order valence-electron chi connectivity index (χ0n) is 9.79. The Balaban J connectivity index is 2.07. The Morgan fingerprint density at radius 2 is 1.63 bits per heavy atom. The standard InChI is InChI=1S/C14H10BrF2NO/c15-10-6-4-9(5-7-10)8-18-14(19)13-11(16)2-1-3-12(13)17/h1-7H,8H2,(H,18,19). The van der Waals surface area contributed by atoms with Crippen LogP contribution in [0.15, 0.2) is 46.9 Å². The summed E-state index contributed by atoms with van der Waals surface area (Å²) in [5.41, 5.74) is 0.285. The smallest absolute Gasteiger partial charge is 0.257 e. The molecule has 2 rings (SSSR count). The predicted octanol–water partition coefficient (Wildman–Crippen LogP) is 3.66. The summed E-state index contributed by atoms with van der Waals surface area (Å²) in [6.45, 7) is 0.208. The summed E-state index contributed by atoms with van der Waals surface area (Å²) in [6.07, 6.45) is 0. The minimum atomic E-state index is -0.867. The van der Waals surface area contributed by atoms with Crippen LogP contribution in [-0.2, 0) is 6.54 Å². The van der Waals surface area contributed by atoms with Crippen LogP contribution in [0, 0.1) is 11.6 Å². The van der Waals surface area contributed by atoms with E-state index in [2.05, 4.69) is 21.2 Å². The molecule has 0 bridgehead atoms. The van der Waals surface area contributed by atoms with E-state index in [0.717, 1.165) is 22.2 Å². The molecule has 0 unspecified atom stereocenters. The van der Waals surface area contributed by atoms with E-state index in [1.807, 2.05) is 24.3 Å². The molecule has 0 aromatic heterocycles. The Morgan fingerprint density at radius 1 is 1.05 bits per heavy atom. The van der Waals surface area contributed by atoms with Crippen molar-refractivity contribution < 1.29 is 13.6 Å². The number of halogens is 3. The molecule has 19 heavy (non-hydrogen) atoms. The summed E-state index contributed by atoms with van der Waals surface area (Å²) in [7, 11) is 0. The SMILES string of the molecule is O=C(NCc1ccc(Br)cc1)c1c(F)cccc1F. The largest absolute Gasteiger partial charge is 0.348 e. The molecule has 0 saturated heterocycles. The second-order valence-corrected chi connectivity index (χ2v) is 4.82. The lowest BCUT2D eigenvalue weighted by molar-refractivity contribution is 0.0942. The Morgan fingerprint density at radius 3 is 2.21 bits per heavy atom. The van der Waals surface area contributed by atoms with Crippen LogP contribution in [0.1, 0.15) is 15.9 Å². The van der Waals surface area contributed by atoms with Gasteiger partial charge in [-0.2, -0.15) is 0 Å². The van der Waals surface area contributed by atoms with Gasteiger partial charge in [0.1, 0.15) is 17.2 Å². The van der Waals surface area contributed by atoms with E-state index in [4.69, 9.17) is 0 Å². The lowest BCUT2D eigenvalue weighted by atomic mass is 10.1. The summed E-state index contributed by atoms with van der Waals surface area (Å²) >= 11 is 3.29.